The molecule has 1 N–H and O–H groups in total. The Morgan fingerprint density at radius 3 is 2.64 bits per heavy atom. The third kappa shape index (κ3) is 6.62. The van der Waals surface area contributed by atoms with Crippen molar-refractivity contribution < 1.29 is 18.6 Å². The quantitative estimate of drug-likeness (QED) is 0.422. The Hall–Kier alpha value is -1.34. The van der Waals surface area contributed by atoms with Crippen LogP contribution in [-0.2, 0) is 17.9 Å². The van der Waals surface area contributed by atoms with Gasteiger partial charge in [-0.05, 0) is 51.1 Å². The molecule has 7 heteroatoms. The van der Waals surface area contributed by atoms with Gasteiger partial charge in [-0.15, -0.1) is 0 Å². The third-order valence-electron chi connectivity index (χ3n) is 4.06. The lowest BCUT2D eigenvalue weighted by Gasteiger charge is -2.18. The molecule has 2 aromatic carbocycles. The van der Waals surface area contributed by atoms with Gasteiger partial charge in [-0.3, -0.25) is 0 Å². The second kappa shape index (κ2) is 11.6. The number of benzene rings is 2. The minimum Gasteiger partial charge on any atom is -0.493 e. The van der Waals surface area contributed by atoms with E-state index in [2.05, 4.69) is 21.2 Å². The van der Waals surface area contributed by atoms with Gasteiger partial charge in [0.15, 0.2) is 11.5 Å². The number of halogens is 3. The van der Waals surface area contributed by atoms with Crippen molar-refractivity contribution in [1.82, 2.24) is 5.32 Å². The molecular formula is C21H26BrClFNO3. The normalized spacial score (nSPS) is 11.1. The van der Waals surface area contributed by atoms with Crippen molar-refractivity contribution in [3.8, 4) is 11.5 Å². The zero-order chi connectivity index (χ0) is 20.5. The molecule has 0 aliphatic heterocycles. The number of methoxy groups -OCH3 is 1. The van der Waals surface area contributed by atoms with Gasteiger partial charge in [0.1, 0.15) is 12.4 Å². The molecule has 0 aliphatic carbocycles. The maximum Gasteiger partial charge on any atom is 0.167 e. The average Bonchev–Trinajstić information content (AvgIpc) is 2.65. The fourth-order valence-corrected chi connectivity index (χ4v) is 3.28. The van der Waals surface area contributed by atoms with Crippen LogP contribution < -0.4 is 14.8 Å². The third-order valence-corrected chi connectivity index (χ3v) is 5.16. The van der Waals surface area contributed by atoms with E-state index in [1.54, 1.807) is 19.2 Å². The Bertz CT molecular complexity index is 753. The minimum atomic E-state index is -0.397. The molecule has 0 spiro atoms. The van der Waals surface area contributed by atoms with Crippen molar-refractivity contribution in [2.24, 2.45) is 0 Å². The number of nitrogens with one attached hydrogen (secondary N) is 1. The summed E-state index contributed by atoms with van der Waals surface area (Å²) in [5.41, 5.74) is 1.22. The molecule has 154 valence electrons. The van der Waals surface area contributed by atoms with Crippen LogP contribution in [0.25, 0.3) is 0 Å². The number of rotatable bonds is 11. The van der Waals surface area contributed by atoms with Gasteiger partial charge in [0.05, 0.1) is 18.2 Å². The van der Waals surface area contributed by atoms with Crippen molar-refractivity contribution in [2.45, 2.75) is 39.5 Å². The molecule has 0 fully saturated rings. The summed E-state index contributed by atoms with van der Waals surface area (Å²) in [5.74, 6) is 0.740. The highest BCUT2D eigenvalue weighted by Crippen LogP contribution is 2.37. The molecule has 0 atom stereocenters. The molecular weight excluding hydrogens is 449 g/mol. The summed E-state index contributed by atoms with van der Waals surface area (Å²) in [5, 5.41) is 3.72. The first kappa shape index (κ1) is 22.9. The average molecular weight is 475 g/mol. The highest BCUT2D eigenvalue weighted by atomic mass is 79.9. The van der Waals surface area contributed by atoms with Crippen molar-refractivity contribution in [2.75, 3.05) is 20.3 Å². The molecule has 0 bridgehead atoms. The van der Waals surface area contributed by atoms with Crippen molar-refractivity contribution in [3.63, 3.8) is 0 Å². The van der Waals surface area contributed by atoms with Crippen LogP contribution in [0.3, 0.4) is 0 Å². The second-order valence-electron chi connectivity index (χ2n) is 6.50. The lowest BCUT2D eigenvalue weighted by atomic mass is 10.1. The Balaban J connectivity index is 2.08. The van der Waals surface area contributed by atoms with Crippen LogP contribution in [0.15, 0.2) is 34.8 Å². The molecule has 0 heterocycles. The van der Waals surface area contributed by atoms with Crippen LogP contribution in [0.5, 0.6) is 11.5 Å². The van der Waals surface area contributed by atoms with E-state index in [9.17, 15) is 4.39 Å². The van der Waals surface area contributed by atoms with E-state index in [4.69, 9.17) is 25.8 Å². The Morgan fingerprint density at radius 1 is 1.18 bits per heavy atom. The maximum absolute atomic E-state index is 14.1. The summed E-state index contributed by atoms with van der Waals surface area (Å²) in [4.78, 5) is 0. The molecule has 2 aromatic rings. The minimum absolute atomic E-state index is 0.00749. The van der Waals surface area contributed by atoms with Crippen LogP contribution in [0, 0.1) is 5.82 Å². The predicted molar refractivity (Wildman–Crippen MR) is 114 cm³/mol. The largest absolute Gasteiger partial charge is 0.493 e. The summed E-state index contributed by atoms with van der Waals surface area (Å²) >= 11 is 9.68. The van der Waals surface area contributed by atoms with Gasteiger partial charge in [0, 0.05) is 28.8 Å². The summed E-state index contributed by atoms with van der Waals surface area (Å²) < 4.78 is 31.9. The van der Waals surface area contributed by atoms with E-state index < -0.39 is 5.82 Å². The second-order valence-corrected chi connectivity index (χ2v) is 7.76. The Morgan fingerprint density at radius 2 is 1.96 bits per heavy atom. The zero-order valence-electron chi connectivity index (χ0n) is 16.4. The fourth-order valence-electron chi connectivity index (χ4n) is 2.61. The van der Waals surface area contributed by atoms with Gasteiger partial charge in [-0.2, -0.15) is 0 Å². The van der Waals surface area contributed by atoms with Crippen LogP contribution >= 0.6 is 27.5 Å². The lowest BCUT2D eigenvalue weighted by molar-refractivity contribution is 0.0770. The molecule has 0 aliphatic rings. The monoisotopic (exact) mass is 473 g/mol. The first-order valence-corrected chi connectivity index (χ1v) is 10.3. The first-order valence-electron chi connectivity index (χ1n) is 9.17. The van der Waals surface area contributed by atoms with Crippen LogP contribution in [0.4, 0.5) is 4.39 Å². The van der Waals surface area contributed by atoms with Gasteiger partial charge in [-0.1, -0.05) is 33.6 Å². The molecule has 0 aromatic heterocycles. The molecule has 0 radical (unpaired) electrons. The van der Waals surface area contributed by atoms with E-state index in [-0.39, 0.29) is 12.7 Å². The van der Waals surface area contributed by atoms with Gasteiger partial charge >= 0.3 is 0 Å². The van der Waals surface area contributed by atoms with Crippen molar-refractivity contribution in [1.29, 1.82) is 0 Å². The predicted octanol–water partition coefficient (Wildman–Crippen LogP) is 5.73. The molecule has 0 saturated heterocycles. The van der Waals surface area contributed by atoms with Crippen LogP contribution in [0.1, 0.15) is 31.4 Å². The van der Waals surface area contributed by atoms with E-state index >= 15 is 0 Å². The van der Waals surface area contributed by atoms with E-state index in [0.717, 1.165) is 23.0 Å². The number of hydrogen-bond donors (Lipinski definition) is 1. The van der Waals surface area contributed by atoms with Crippen LogP contribution in [-0.4, -0.2) is 26.4 Å². The molecule has 4 nitrogen and oxygen atoms in total. The van der Waals surface area contributed by atoms with Gasteiger partial charge in [-0.25, -0.2) is 4.39 Å². The Kier molecular flexibility index (Phi) is 9.51. The summed E-state index contributed by atoms with van der Waals surface area (Å²) in [6, 6.07) is 8.29. The summed E-state index contributed by atoms with van der Waals surface area (Å²) in [6.07, 6.45) is 1.14. The summed E-state index contributed by atoms with van der Waals surface area (Å²) in [6.45, 7) is 6.12. The fraction of sp³-hybridized carbons (Fsp3) is 0.429. The topological polar surface area (TPSA) is 39.7 Å². The van der Waals surface area contributed by atoms with Crippen molar-refractivity contribution >= 4 is 27.5 Å². The smallest absolute Gasteiger partial charge is 0.167 e. The zero-order valence-corrected chi connectivity index (χ0v) is 18.7. The van der Waals surface area contributed by atoms with Gasteiger partial charge in [0.25, 0.3) is 0 Å². The highest BCUT2D eigenvalue weighted by Gasteiger charge is 2.16. The van der Waals surface area contributed by atoms with Gasteiger partial charge < -0.3 is 19.5 Å². The molecule has 0 saturated carbocycles. The SMILES string of the molecule is COc1ccc(Br)c(CNCCCOC(C)C)c1OCc1c(F)cccc1Cl. The molecule has 2 rings (SSSR count). The number of ether oxygens (including phenoxy) is 3. The van der Waals surface area contributed by atoms with Crippen molar-refractivity contribution in [3.05, 3.63) is 56.8 Å². The van der Waals surface area contributed by atoms with E-state index in [1.165, 1.54) is 6.07 Å². The van der Waals surface area contributed by atoms with E-state index in [0.29, 0.717) is 35.2 Å². The molecule has 0 unspecified atom stereocenters. The highest BCUT2D eigenvalue weighted by molar-refractivity contribution is 9.10. The maximum atomic E-state index is 14.1. The molecule has 28 heavy (non-hydrogen) atoms. The van der Waals surface area contributed by atoms with E-state index in [1.807, 2.05) is 26.0 Å². The standard InChI is InChI=1S/C21H26BrClFNO3/c1-14(2)27-11-5-10-25-12-15-17(22)8-9-20(26-3)21(15)28-13-16-18(23)6-4-7-19(16)24/h4,6-9,14,25H,5,10-13H2,1-3H3. The van der Waals surface area contributed by atoms with Crippen LogP contribution in [0.2, 0.25) is 5.02 Å². The molecule has 0 amide bonds. The van der Waals surface area contributed by atoms with Gasteiger partial charge in [0.2, 0.25) is 0 Å². The lowest BCUT2D eigenvalue weighted by Crippen LogP contribution is -2.18. The summed E-state index contributed by atoms with van der Waals surface area (Å²) in [7, 11) is 1.58. The first-order chi connectivity index (χ1) is 13.4. The Labute approximate surface area is 179 Å². The number of hydrogen-bond acceptors (Lipinski definition) is 4.